The number of guanidine groups is 1. The van der Waals surface area contributed by atoms with Crippen molar-refractivity contribution in [1.82, 2.24) is 16.0 Å². The first-order chi connectivity index (χ1) is 17.4. The van der Waals surface area contributed by atoms with Gasteiger partial charge in [0.1, 0.15) is 24.2 Å². The van der Waals surface area contributed by atoms with E-state index < -0.39 is 54.5 Å². The van der Waals surface area contributed by atoms with Gasteiger partial charge in [0.15, 0.2) is 5.96 Å². The number of benzene rings is 1. The maximum atomic E-state index is 13.1. The van der Waals surface area contributed by atoms with Crippen molar-refractivity contribution in [2.45, 2.75) is 63.7 Å². The van der Waals surface area contributed by atoms with Crippen LogP contribution in [0.5, 0.6) is 0 Å². The van der Waals surface area contributed by atoms with Gasteiger partial charge in [0.2, 0.25) is 17.7 Å². The average Bonchev–Trinajstić information content (AvgIpc) is 2.84. The van der Waals surface area contributed by atoms with Crippen molar-refractivity contribution in [3.63, 3.8) is 0 Å². The molecule has 0 spiro atoms. The van der Waals surface area contributed by atoms with Crippen LogP contribution in [-0.4, -0.2) is 77.2 Å². The normalized spacial score (nSPS) is 14.1. The fourth-order valence-corrected chi connectivity index (χ4v) is 3.43. The van der Waals surface area contributed by atoms with Gasteiger partial charge in [-0.3, -0.25) is 19.4 Å². The molecule has 0 bridgehead atoms. The number of carbonyl (C=O) groups excluding carboxylic acids is 3. The van der Waals surface area contributed by atoms with Gasteiger partial charge in [0, 0.05) is 13.0 Å². The lowest BCUT2D eigenvalue weighted by Crippen LogP contribution is -2.57. The number of aliphatic hydroxyl groups is 1. The van der Waals surface area contributed by atoms with Crippen LogP contribution in [0.25, 0.3) is 0 Å². The van der Waals surface area contributed by atoms with Crippen LogP contribution in [0, 0.1) is 5.92 Å². The van der Waals surface area contributed by atoms with Crippen LogP contribution in [0.2, 0.25) is 0 Å². The summed E-state index contributed by atoms with van der Waals surface area (Å²) in [5, 5.41) is 26.4. The summed E-state index contributed by atoms with van der Waals surface area (Å²) in [6.45, 7) is 3.28. The summed E-state index contributed by atoms with van der Waals surface area (Å²) >= 11 is 0. The summed E-state index contributed by atoms with van der Waals surface area (Å²) in [7, 11) is 0. The molecular weight excluding hydrogens is 482 g/mol. The second-order valence-electron chi connectivity index (χ2n) is 9.08. The van der Waals surface area contributed by atoms with E-state index in [1.807, 2.05) is 13.8 Å². The van der Waals surface area contributed by atoms with E-state index in [0.717, 1.165) is 0 Å². The second kappa shape index (κ2) is 16.1. The maximum Gasteiger partial charge on any atom is 0.326 e. The van der Waals surface area contributed by atoms with E-state index in [-0.39, 0.29) is 37.7 Å². The molecule has 206 valence electrons. The molecule has 0 aliphatic heterocycles. The van der Waals surface area contributed by atoms with E-state index in [9.17, 15) is 24.3 Å². The Balaban J connectivity index is 3.05. The van der Waals surface area contributed by atoms with Gasteiger partial charge in [0.05, 0.1) is 6.61 Å². The Kier molecular flexibility index (Phi) is 13.6. The van der Waals surface area contributed by atoms with Crippen LogP contribution < -0.4 is 33.2 Å². The topological polar surface area (TPSA) is 235 Å². The van der Waals surface area contributed by atoms with Gasteiger partial charge < -0.3 is 43.4 Å². The number of nitrogens with zero attached hydrogens (tertiary/aromatic N) is 1. The Morgan fingerprint density at radius 3 is 2.03 bits per heavy atom. The predicted octanol–water partition coefficient (Wildman–Crippen LogP) is -1.81. The van der Waals surface area contributed by atoms with Gasteiger partial charge >= 0.3 is 5.97 Å². The third-order valence-corrected chi connectivity index (χ3v) is 5.35. The number of hydrogen-bond acceptors (Lipinski definition) is 7. The number of hydrogen-bond donors (Lipinski definition) is 8. The Labute approximate surface area is 216 Å². The molecule has 0 radical (unpaired) electrons. The minimum Gasteiger partial charge on any atom is -0.480 e. The summed E-state index contributed by atoms with van der Waals surface area (Å²) in [4.78, 5) is 54.1. The van der Waals surface area contributed by atoms with E-state index in [1.54, 1.807) is 30.3 Å². The lowest BCUT2D eigenvalue weighted by molar-refractivity contribution is -0.142. The molecule has 0 fully saturated rings. The molecule has 13 nitrogen and oxygen atoms in total. The second-order valence-corrected chi connectivity index (χ2v) is 9.08. The summed E-state index contributed by atoms with van der Waals surface area (Å²) in [5.74, 6) is -3.43. The number of carbonyl (C=O) groups is 4. The highest BCUT2D eigenvalue weighted by Crippen LogP contribution is 2.09. The van der Waals surface area contributed by atoms with Crippen LogP contribution >= 0.6 is 0 Å². The highest BCUT2D eigenvalue weighted by molar-refractivity contribution is 5.94. The first-order valence-electron chi connectivity index (χ1n) is 12.0. The van der Waals surface area contributed by atoms with Crippen LogP contribution in [0.3, 0.4) is 0 Å². The first kappa shape index (κ1) is 31.3. The van der Waals surface area contributed by atoms with Gasteiger partial charge in [-0.2, -0.15) is 0 Å². The number of carboxylic acid groups (broad SMARTS) is 1. The number of aliphatic carboxylic acids is 1. The number of rotatable bonds is 16. The quantitative estimate of drug-likeness (QED) is 0.0694. The zero-order chi connectivity index (χ0) is 28.0. The number of amides is 3. The lowest BCUT2D eigenvalue weighted by atomic mass is 10.0. The molecule has 13 heteroatoms. The van der Waals surface area contributed by atoms with Crippen molar-refractivity contribution >= 4 is 29.7 Å². The van der Waals surface area contributed by atoms with E-state index in [1.165, 1.54) is 0 Å². The molecular formula is C24H39N7O6. The zero-order valence-corrected chi connectivity index (χ0v) is 21.2. The third-order valence-electron chi connectivity index (χ3n) is 5.35. The van der Waals surface area contributed by atoms with E-state index in [2.05, 4.69) is 20.9 Å². The molecule has 1 aromatic carbocycles. The summed E-state index contributed by atoms with van der Waals surface area (Å²) < 4.78 is 0. The molecule has 37 heavy (non-hydrogen) atoms. The number of nitrogens with two attached hydrogens (primary N) is 3. The molecule has 4 unspecified atom stereocenters. The Morgan fingerprint density at radius 1 is 0.919 bits per heavy atom. The molecule has 3 amide bonds. The fraction of sp³-hybridized carbons (Fsp3) is 0.542. The third kappa shape index (κ3) is 12.2. The maximum absolute atomic E-state index is 13.1. The molecule has 0 aliphatic rings. The molecule has 1 aromatic rings. The molecule has 0 heterocycles. The van der Waals surface area contributed by atoms with Crippen LogP contribution in [0.1, 0.15) is 38.7 Å². The van der Waals surface area contributed by atoms with Crippen LogP contribution in [0.15, 0.2) is 35.3 Å². The predicted molar refractivity (Wildman–Crippen MR) is 138 cm³/mol. The van der Waals surface area contributed by atoms with Gasteiger partial charge in [-0.05, 0) is 30.7 Å². The van der Waals surface area contributed by atoms with E-state index in [4.69, 9.17) is 22.3 Å². The molecule has 0 saturated heterocycles. The fourth-order valence-electron chi connectivity index (χ4n) is 3.43. The Morgan fingerprint density at radius 2 is 1.49 bits per heavy atom. The van der Waals surface area contributed by atoms with Crippen LogP contribution in [0.4, 0.5) is 0 Å². The summed E-state index contributed by atoms with van der Waals surface area (Å²) in [6, 6.07) is 4.19. The van der Waals surface area contributed by atoms with Crippen LogP contribution in [-0.2, 0) is 25.6 Å². The zero-order valence-electron chi connectivity index (χ0n) is 21.2. The monoisotopic (exact) mass is 521 g/mol. The summed E-state index contributed by atoms with van der Waals surface area (Å²) in [6.07, 6.45) is 0.694. The minimum atomic E-state index is -1.24. The first-order valence-corrected chi connectivity index (χ1v) is 12.0. The van der Waals surface area contributed by atoms with Gasteiger partial charge in [-0.1, -0.05) is 44.2 Å². The number of aliphatic hydroxyl groups excluding tert-OH is 1. The number of aliphatic imine (C=N–C) groups is 1. The standard InChI is InChI=1S/C24H39N7O6/c1-14(2)11-18(30-20(33)16(25)13-32)22(35)29-17(9-6-10-28-24(26)27)21(34)31-19(23(36)37)12-15-7-4-3-5-8-15/h3-5,7-8,14,16-19,32H,6,9-13,25H2,1-2H3,(H,29,35)(H,30,33)(H,31,34)(H,36,37)(H4,26,27,28). The molecule has 0 aromatic heterocycles. The van der Waals surface area contributed by atoms with Crippen molar-refractivity contribution in [2.75, 3.05) is 13.2 Å². The highest BCUT2D eigenvalue weighted by Gasteiger charge is 2.30. The van der Waals surface area contributed by atoms with Crippen molar-refractivity contribution in [3.8, 4) is 0 Å². The minimum absolute atomic E-state index is 0.00203. The SMILES string of the molecule is CC(C)CC(NC(=O)C(N)CO)C(=O)NC(CCCN=C(N)N)C(=O)NC(Cc1ccccc1)C(=O)O. The van der Waals surface area contributed by atoms with Crippen molar-refractivity contribution in [2.24, 2.45) is 28.1 Å². The van der Waals surface area contributed by atoms with Gasteiger partial charge in [0.25, 0.3) is 0 Å². The van der Waals surface area contributed by atoms with Crippen molar-refractivity contribution in [3.05, 3.63) is 35.9 Å². The van der Waals surface area contributed by atoms with E-state index >= 15 is 0 Å². The highest BCUT2D eigenvalue weighted by atomic mass is 16.4. The molecule has 0 aliphatic carbocycles. The largest absolute Gasteiger partial charge is 0.480 e. The van der Waals surface area contributed by atoms with Crippen molar-refractivity contribution in [1.29, 1.82) is 0 Å². The number of nitrogens with one attached hydrogen (secondary N) is 3. The molecule has 1 rings (SSSR count). The Bertz CT molecular complexity index is 921. The lowest BCUT2D eigenvalue weighted by Gasteiger charge is -2.26. The molecule has 4 atom stereocenters. The van der Waals surface area contributed by atoms with Crippen molar-refractivity contribution < 1.29 is 29.4 Å². The van der Waals surface area contributed by atoms with Gasteiger partial charge in [-0.15, -0.1) is 0 Å². The average molecular weight is 522 g/mol. The Hall–Kier alpha value is -3.71. The molecule has 0 saturated carbocycles. The molecule has 11 N–H and O–H groups in total. The number of carboxylic acids is 1. The van der Waals surface area contributed by atoms with E-state index in [0.29, 0.717) is 12.0 Å². The smallest absolute Gasteiger partial charge is 0.326 e. The van der Waals surface area contributed by atoms with Gasteiger partial charge in [-0.25, -0.2) is 4.79 Å². The summed E-state index contributed by atoms with van der Waals surface area (Å²) in [5.41, 5.74) is 16.9.